The van der Waals surface area contributed by atoms with Crippen LogP contribution in [0.1, 0.15) is 5.56 Å². The van der Waals surface area contributed by atoms with Crippen LogP contribution in [0.15, 0.2) is 58.8 Å². The van der Waals surface area contributed by atoms with Crippen LogP contribution >= 0.6 is 15.9 Å². The van der Waals surface area contributed by atoms with Crippen LogP contribution in [0.5, 0.6) is 5.75 Å². The van der Waals surface area contributed by atoms with Crippen LogP contribution in [0.25, 0.3) is 0 Å². The molecule has 1 aromatic heterocycles. The number of anilines is 1. The number of rotatable bonds is 7. The Morgan fingerprint density at radius 1 is 1.32 bits per heavy atom. The number of halogens is 1. The minimum absolute atomic E-state index is 0.0144. The number of carbonyl (C=O) groups is 1. The molecular formula is C18H17BrN4O2. The van der Waals surface area contributed by atoms with Gasteiger partial charge in [-0.05, 0) is 52.2 Å². The summed E-state index contributed by atoms with van der Waals surface area (Å²) in [6, 6.07) is 13.0. The Balaban J connectivity index is 1.85. The number of ether oxygens (including phenoxy) is 1. The summed E-state index contributed by atoms with van der Waals surface area (Å²) in [5.74, 6) is 0.901. The van der Waals surface area contributed by atoms with Gasteiger partial charge in [-0.2, -0.15) is 5.26 Å². The molecule has 0 fully saturated rings. The molecule has 128 valence electrons. The molecule has 1 heterocycles. The molecule has 0 unspecified atom stereocenters. The van der Waals surface area contributed by atoms with Gasteiger partial charge in [0.25, 0.3) is 5.91 Å². The fourth-order valence-electron chi connectivity index (χ4n) is 1.96. The fraction of sp³-hybridized carbons (Fsp3) is 0.167. The quantitative estimate of drug-likeness (QED) is 0.550. The third kappa shape index (κ3) is 5.94. The zero-order valence-corrected chi connectivity index (χ0v) is 15.2. The van der Waals surface area contributed by atoms with E-state index >= 15 is 0 Å². The van der Waals surface area contributed by atoms with Crippen molar-refractivity contribution in [2.45, 2.75) is 6.42 Å². The Morgan fingerprint density at radius 3 is 2.68 bits per heavy atom. The number of nitrogens with one attached hydrogen (secondary N) is 2. The Kier molecular flexibility index (Phi) is 6.99. The number of methoxy groups -OCH3 is 1. The minimum atomic E-state index is -0.430. The van der Waals surface area contributed by atoms with Crippen molar-refractivity contribution in [3.63, 3.8) is 0 Å². The van der Waals surface area contributed by atoms with Crippen molar-refractivity contribution in [1.82, 2.24) is 10.3 Å². The van der Waals surface area contributed by atoms with E-state index in [1.54, 1.807) is 19.4 Å². The van der Waals surface area contributed by atoms with Crippen LogP contribution in [-0.2, 0) is 11.2 Å². The zero-order chi connectivity index (χ0) is 18.1. The third-order valence-corrected chi connectivity index (χ3v) is 3.78. The number of amides is 1. The molecular weight excluding hydrogens is 384 g/mol. The molecule has 2 N–H and O–H groups in total. The van der Waals surface area contributed by atoms with Gasteiger partial charge in [0.15, 0.2) is 0 Å². The molecule has 0 aliphatic heterocycles. The molecule has 1 aromatic carbocycles. The average molecular weight is 401 g/mol. The molecule has 1 amide bonds. The number of nitriles is 1. The normalized spacial score (nSPS) is 10.7. The standard InChI is InChI=1S/C18H17BrN4O2/c1-25-16-5-2-13(3-6-16)8-9-21-18(24)14(10-20)11-22-17-7-4-15(19)12-23-17/h2-7,11-12H,8-9H2,1H3,(H,21,24)(H,22,23)/b14-11-. The van der Waals surface area contributed by atoms with E-state index in [-0.39, 0.29) is 5.57 Å². The lowest BCUT2D eigenvalue weighted by atomic mass is 10.1. The van der Waals surface area contributed by atoms with Crippen LogP contribution in [0.4, 0.5) is 5.82 Å². The molecule has 0 spiro atoms. The number of nitrogens with zero attached hydrogens (tertiary/aromatic N) is 2. The van der Waals surface area contributed by atoms with E-state index in [9.17, 15) is 4.79 Å². The van der Waals surface area contributed by atoms with Crippen LogP contribution in [-0.4, -0.2) is 24.5 Å². The lowest BCUT2D eigenvalue weighted by Crippen LogP contribution is -2.27. The van der Waals surface area contributed by atoms with Gasteiger partial charge in [0.1, 0.15) is 23.2 Å². The molecule has 2 rings (SSSR count). The van der Waals surface area contributed by atoms with Crippen LogP contribution in [0.2, 0.25) is 0 Å². The summed E-state index contributed by atoms with van der Waals surface area (Å²) in [6.45, 7) is 0.431. The smallest absolute Gasteiger partial charge is 0.263 e. The highest BCUT2D eigenvalue weighted by atomic mass is 79.9. The summed E-state index contributed by atoms with van der Waals surface area (Å²) in [5.41, 5.74) is 1.06. The topological polar surface area (TPSA) is 87.0 Å². The number of hydrogen-bond acceptors (Lipinski definition) is 5. The van der Waals surface area contributed by atoms with Gasteiger partial charge in [0, 0.05) is 23.4 Å². The monoisotopic (exact) mass is 400 g/mol. The SMILES string of the molecule is COc1ccc(CCNC(=O)/C(C#N)=C\Nc2ccc(Br)cn2)cc1. The second-order valence-electron chi connectivity index (χ2n) is 5.03. The van der Waals surface area contributed by atoms with Crippen molar-refractivity contribution in [2.75, 3.05) is 19.0 Å². The van der Waals surface area contributed by atoms with Gasteiger partial charge in [0.2, 0.25) is 0 Å². The van der Waals surface area contributed by atoms with E-state index in [0.717, 1.165) is 15.8 Å². The molecule has 25 heavy (non-hydrogen) atoms. The van der Waals surface area contributed by atoms with Gasteiger partial charge in [-0.1, -0.05) is 12.1 Å². The molecule has 0 aliphatic rings. The van der Waals surface area contributed by atoms with Crippen molar-refractivity contribution < 1.29 is 9.53 Å². The number of aromatic nitrogens is 1. The van der Waals surface area contributed by atoms with Crippen molar-refractivity contribution in [1.29, 1.82) is 5.26 Å². The maximum absolute atomic E-state index is 12.1. The van der Waals surface area contributed by atoms with Crippen molar-refractivity contribution >= 4 is 27.7 Å². The Morgan fingerprint density at radius 2 is 2.08 bits per heavy atom. The van der Waals surface area contributed by atoms with Gasteiger partial charge in [-0.25, -0.2) is 4.98 Å². The zero-order valence-electron chi connectivity index (χ0n) is 13.6. The van der Waals surface area contributed by atoms with Crippen molar-refractivity contribution in [3.05, 3.63) is 64.4 Å². The summed E-state index contributed by atoms with van der Waals surface area (Å²) in [7, 11) is 1.61. The fourth-order valence-corrected chi connectivity index (χ4v) is 2.20. The lowest BCUT2D eigenvalue weighted by molar-refractivity contribution is -0.117. The second-order valence-corrected chi connectivity index (χ2v) is 5.95. The van der Waals surface area contributed by atoms with Crippen molar-refractivity contribution in [2.24, 2.45) is 0 Å². The Hall–Kier alpha value is -2.85. The highest BCUT2D eigenvalue weighted by Crippen LogP contribution is 2.12. The molecule has 2 aromatic rings. The van der Waals surface area contributed by atoms with E-state index in [1.165, 1.54) is 6.20 Å². The molecule has 0 atom stereocenters. The van der Waals surface area contributed by atoms with Gasteiger partial charge in [0.05, 0.1) is 7.11 Å². The van der Waals surface area contributed by atoms with E-state index in [0.29, 0.717) is 18.8 Å². The maximum Gasteiger partial charge on any atom is 0.263 e. The van der Waals surface area contributed by atoms with Crippen LogP contribution in [0, 0.1) is 11.3 Å². The summed E-state index contributed by atoms with van der Waals surface area (Å²) >= 11 is 3.29. The number of benzene rings is 1. The first kappa shape index (κ1) is 18.5. The van der Waals surface area contributed by atoms with Crippen LogP contribution in [0.3, 0.4) is 0 Å². The first-order valence-electron chi connectivity index (χ1n) is 7.52. The number of carbonyl (C=O) groups excluding carboxylic acids is 1. The summed E-state index contributed by atoms with van der Waals surface area (Å²) < 4.78 is 5.95. The molecule has 0 saturated carbocycles. The highest BCUT2D eigenvalue weighted by Gasteiger charge is 2.08. The summed E-state index contributed by atoms with van der Waals surface area (Å²) in [6.07, 6.45) is 3.63. The van der Waals surface area contributed by atoms with Gasteiger partial charge < -0.3 is 15.4 Å². The molecule has 0 aliphatic carbocycles. The van der Waals surface area contributed by atoms with Gasteiger partial charge >= 0.3 is 0 Å². The first-order valence-corrected chi connectivity index (χ1v) is 8.31. The molecule has 7 heteroatoms. The third-order valence-electron chi connectivity index (χ3n) is 3.32. The van der Waals surface area contributed by atoms with Crippen molar-refractivity contribution in [3.8, 4) is 11.8 Å². The molecule has 0 bridgehead atoms. The molecule has 6 nitrogen and oxygen atoms in total. The van der Waals surface area contributed by atoms with E-state index < -0.39 is 5.91 Å². The van der Waals surface area contributed by atoms with Gasteiger partial charge in [-0.15, -0.1) is 0 Å². The maximum atomic E-state index is 12.1. The van der Waals surface area contributed by atoms with Crippen LogP contribution < -0.4 is 15.4 Å². The highest BCUT2D eigenvalue weighted by molar-refractivity contribution is 9.10. The number of pyridine rings is 1. The van der Waals surface area contributed by atoms with E-state index in [1.807, 2.05) is 36.4 Å². The largest absolute Gasteiger partial charge is 0.497 e. The average Bonchev–Trinajstić information content (AvgIpc) is 2.64. The summed E-state index contributed by atoms with van der Waals surface area (Å²) in [4.78, 5) is 16.2. The molecule has 0 saturated heterocycles. The minimum Gasteiger partial charge on any atom is -0.497 e. The second kappa shape index (κ2) is 9.45. The predicted molar refractivity (Wildman–Crippen MR) is 99.0 cm³/mol. The first-order chi connectivity index (χ1) is 12.1. The van der Waals surface area contributed by atoms with E-state index in [4.69, 9.17) is 10.00 Å². The Bertz CT molecular complexity index is 780. The Labute approximate surface area is 154 Å². The number of hydrogen-bond donors (Lipinski definition) is 2. The van der Waals surface area contributed by atoms with E-state index in [2.05, 4.69) is 31.5 Å². The predicted octanol–water partition coefficient (Wildman–Crippen LogP) is 3.03. The lowest BCUT2D eigenvalue weighted by Gasteiger charge is -2.06. The molecule has 0 radical (unpaired) electrons. The summed E-state index contributed by atoms with van der Waals surface area (Å²) in [5, 5.41) is 14.7. The van der Waals surface area contributed by atoms with Gasteiger partial charge in [-0.3, -0.25) is 4.79 Å².